The lowest BCUT2D eigenvalue weighted by Crippen LogP contribution is -2.40. The summed E-state index contributed by atoms with van der Waals surface area (Å²) >= 11 is 0. The van der Waals surface area contributed by atoms with Crippen LogP contribution >= 0.6 is 0 Å². The molecule has 0 fully saturated rings. The number of carbonyl (C=O) groups is 3. The van der Waals surface area contributed by atoms with Crippen LogP contribution in [0.3, 0.4) is 0 Å². The number of amides is 1. The molecule has 0 saturated heterocycles. The highest BCUT2D eigenvalue weighted by molar-refractivity contribution is 6.02. The molecule has 0 atom stereocenters. The maximum atomic E-state index is 12.5. The van der Waals surface area contributed by atoms with Crippen molar-refractivity contribution in [1.82, 2.24) is 14.8 Å². The Morgan fingerprint density at radius 2 is 1.67 bits per heavy atom. The van der Waals surface area contributed by atoms with Gasteiger partial charge in [0.15, 0.2) is 5.78 Å². The van der Waals surface area contributed by atoms with Gasteiger partial charge < -0.3 is 14.6 Å². The van der Waals surface area contributed by atoms with Crippen LogP contribution in [0, 0.1) is 13.8 Å². The third-order valence-electron chi connectivity index (χ3n) is 4.04. The molecule has 1 amide bonds. The Labute approximate surface area is 143 Å². The molecule has 134 valence electrons. The normalized spacial score (nSPS) is 10.8. The van der Waals surface area contributed by atoms with Crippen molar-refractivity contribution in [2.75, 3.05) is 40.3 Å². The number of hydrogen-bond donors (Lipinski definition) is 1. The summed E-state index contributed by atoms with van der Waals surface area (Å²) in [5.74, 6) is -0.643. The van der Waals surface area contributed by atoms with Crippen molar-refractivity contribution in [3.8, 4) is 0 Å². The van der Waals surface area contributed by atoms with E-state index in [-0.39, 0.29) is 24.8 Å². The Balaban J connectivity index is 2.82. The smallest absolute Gasteiger partial charge is 0.339 e. The molecular formula is C17H27N3O4. The summed E-state index contributed by atoms with van der Waals surface area (Å²) in [6, 6.07) is 0. The number of rotatable bonds is 8. The van der Waals surface area contributed by atoms with Gasteiger partial charge in [0.1, 0.15) is 0 Å². The second-order valence-electron chi connectivity index (χ2n) is 5.78. The molecule has 0 aliphatic rings. The average molecular weight is 337 g/mol. The molecule has 7 heteroatoms. The van der Waals surface area contributed by atoms with Gasteiger partial charge in [-0.15, -0.1) is 0 Å². The molecule has 1 heterocycles. The van der Waals surface area contributed by atoms with Crippen molar-refractivity contribution in [1.29, 1.82) is 0 Å². The molecule has 1 aromatic rings. The van der Waals surface area contributed by atoms with Crippen molar-refractivity contribution in [2.45, 2.75) is 27.7 Å². The van der Waals surface area contributed by atoms with Gasteiger partial charge in [-0.2, -0.15) is 0 Å². The maximum Gasteiger partial charge on any atom is 0.339 e. The fraction of sp³-hybridized carbons (Fsp3) is 0.588. The second-order valence-corrected chi connectivity index (χ2v) is 5.78. The SMILES string of the molecule is CCN(CC)C(=O)CN(C)CC(=O)c1[nH]c(C)c(C(=O)OC)c1C. The zero-order valence-electron chi connectivity index (χ0n) is 15.4. The van der Waals surface area contributed by atoms with E-state index in [9.17, 15) is 14.4 Å². The van der Waals surface area contributed by atoms with Gasteiger partial charge in [-0.1, -0.05) is 0 Å². The Hall–Kier alpha value is -2.15. The van der Waals surface area contributed by atoms with Crippen LogP contribution in [-0.2, 0) is 9.53 Å². The number of hydrogen-bond acceptors (Lipinski definition) is 5. The molecule has 0 unspecified atom stereocenters. The monoisotopic (exact) mass is 337 g/mol. The quantitative estimate of drug-likeness (QED) is 0.573. The van der Waals surface area contributed by atoms with Gasteiger partial charge in [0.05, 0.1) is 31.5 Å². The molecule has 1 N–H and O–H groups in total. The zero-order chi connectivity index (χ0) is 18.4. The number of ketones is 1. The number of nitrogens with one attached hydrogen (secondary N) is 1. The molecule has 1 aromatic heterocycles. The molecule has 0 aliphatic heterocycles. The van der Waals surface area contributed by atoms with E-state index in [1.165, 1.54) is 7.11 Å². The van der Waals surface area contributed by atoms with Gasteiger partial charge in [-0.25, -0.2) is 4.79 Å². The lowest BCUT2D eigenvalue weighted by atomic mass is 10.1. The molecule has 0 aromatic carbocycles. The highest BCUT2D eigenvalue weighted by Crippen LogP contribution is 2.19. The van der Waals surface area contributed by atoms with Gasteiger partial charge in [0, 0.05) is 18.8 Å². The summed E-state index contributed by atoms with van der Waals surface area (Å²) in [4.78, 5) is 42.7. The molecule has 0 saturated carbocycles. The lowest BCUT2D eigenvalue weighted by molar-refractivity contribution is -0.131. The predicted octanol–water partition coefficient (Wildman–Crippen LogP) is 1.40. The predicted molar refractivity (Wildman–Crippen MR) is 91.4 cm³/mol. The van der Waals surface area contributed by atoms with Crippen molar-refractivity contribution < 1.29 is 19.1 Å². The van der Waals surface area contributed by atoms with Crippen LogP contribution in [-0.4, -0.2) is 72.8 Å². The van der Waals surface area contributed by atoms with Crippen LogP contribution in [0.1, 0.15) is 46.0 Å². The van der Waals surface area contributed by atoms with Crippen LogP contribution in [0.4, 0.5) is 0 Å². The van der Waals surface area contributed by atoms with Gasteiger partial charge in [-0.3, -0.25) is 14.5 Å². The van der Waals surface area contributed by atoms with Gasteiger partial charge in [-0.05, 0) is 40.3 Å². The number of nitrogens with zero attached hydrogens (tertiary/aromatic N) is 2. The van der Waals surface area contributed by atoms with Crippen LogP contribution in [0.15, 0.2) is 0 Å². The number of H-pyrrole nitrogens is 1. The minimum absolute atomic E-state index is 0.00932. The molecular weight excluding hydrogens is 310 g/mol. The van der Waals surface area contributed by atoms with Crippen molar-refractivity contribution in [3.05, 3.63) is 22.5 Å². The maximum absolute atomic E-state index is 12.5. The van der Waals surface area contributed by atoms with E-state index in [0.29, 0.717) is 35.6 Å². The molecule has 0 radical (unpaired) electrons. The van der Waals surface area contributed by atoms with Crippen molar-refractivity contribution in [3.63, 3.8) is 0 Å². The molecule has 0 bridgehead atoms. The Kier molecular flexibility index (Phi) is 7.16. The topological polar surface area (TPSA) is 82.7 Å². The summed E-state index contributed by atoms with van der Waals surface area (Å²) in [7, 11) is 3.04. The minimum Gasteiger partial charge on any atom is -0.465 e. The second kappa shape index (κ2) is 8.63. The van der Waals surface area contributed by atoms with E-state index < -0.39 is 5.97 Å². The van der Waals surface area contributed by atoms with Gasteiger partial charge >= 0.3 is 5.97 Å². The molecule has 1 rings (SSSR count). The fourth-order valence-electron chi connectivity index (χ4n) is 2.72. The number of Topliss-reactive ketones (excluding diaryl/α,β-unsaturated/α-hetero) is 1. The van der Waals surface area contributed by atoms with Gasteiger partial charge in [0.2, 0.25) is 5.91 Å². The number of esters is 1. The largest absolute Gasteiger partial charge is 0.465 e. The summed E-state index contributed by atoms with van der Waals surface area (Å²) in [6.07, 6.45) is 0. The first-order valence-electron chi connectivity index (χ1n) is 8.03. The lowest BCUT2D eigenvalue weighted by Gasteiger charge is -2.22. The van der Waals surface area contributed by atoms with Crippen LogP contribution < -0.4 is 0 Å². The average Bonchev–Trinajstić information content (AvgIpc) is 2.82. The van der Waals surface area contributed by atoms with E-state index in [0.717, 1.165) is 0 Å². The Bertz CT molecular complexity index is 618. The number of aryl methyl sites for hydroxylation is 1. The van der Waals surface area contributed by atoms with E-state index >= 15 is 0 Å². The molecule has 0 spiro atoms. The number of aromatic amines is 1. The molecule has 24 heavy (non-hydrogen) atoms. The number of likely N-dealkylation sites (N-methyl/N-ethyl adjacent to an activating group) is 2. The zero-order valence-corrected chi connectivity index (χ0v) is 15.4. The minimum atomic E-state index is -0.467. The van der Waals surface area contributed by atoms with E-state index in [2.05, 4.69) is 4.98 Å². The van der Waals surface area contributed by atoms with Crippen molar-refractivity contribution in [2.24, 2.45) is 0 Å². The fourth-order valence-corrected chi connectivity index (χ4v) is 2.72. The summed E-state index contributed by atoms with van der Waals surface area (Å²) in [5, 5.41) is 0. The van der Waals surface area contributed by atoms with Crippen molar-refractivity contribution >= 4 is 17.7 Å². The molecule has 0 aliphatic carbocycles. The van der Waals surface area contributed by atoms with Crippen LogP contribution in [0.5, 0.6) is 0 Å². The summed E-state index contributed by atoms with van der Waals surface area (Å²) in [5.41, 5.74) is 1.95. The highest BCUT2D eigenvalue weighted by atomic mass is 16.5. The van der Waals surface area contributed by atoms with E-state index in [1.807, 2.05) is 13.8 Å². The summed E-state index contributed by atoms with van der Waals surface area (Å²) < 4.78 is 4.74. The number of carbonyl (C=O) groups excluding carboxylic acids is 3. The highest BCUT2D eigenvalue weighted by Gasteiger charge is 2.23. The van der Waals surface area contributed by atoms with Gasteiger partial charge in [0.25, 0.3) is 0 Å². The van der Waals surface area contributed by atoms with Crippen LogP contribution in [0.2, 0.25) is 0 Å². The van der Waals surface area contributed by atoms with E-state index in [1.54, 1.807) is 30.7 Å². The number of aromatic nitrogens is 1. The van der Waals surface area contributed by atoms with E-state index in [4.69, 9.17) is 4.74 Å². The summed E-state index contributed by atoms with van der Waals surface area (Å²) in [6.45, 7) is 8.85. The number of ether oxygens (including phenoxy) is 1. The third-order valence-corrected chi connectivity index (χ3v) is 4.04. The standard InChI is InChI=1S/C17H27N3O4/c1-7-20(8-2)14(22)10-19(5)9-13(21)16-11(3)15(12(4)18-16)17(23)24-6/h18H,7-10H2,1-6H3. The number of methoxy groups -OCH3 is 1. The van der Waals surface area contributed by atoms with Crippen LogP contribution in [0.25, 0.3) is 0 Å². The Morgan fingerprint density at radius 1 is 1.08 bits per heavy atom. The first kappa shape index (κ1) is 19.9. The first-order valence-corrected chi connectivity index (χ1v) is 8.03. The molecule has 7 nitrogen and oxygen atoms in total. The first-order chi connectivity index (χ1) is 11.3. The third kappa shape index (κ3) is 4.44. The Morgan fingerprint density at radius 3 is 2.17 bits per heavy atom.